The molecule has 0 radical (unpaired) electrons. The first-order valence-corrected chi connectivity index (χ1v) is 12.6. The lowest BCUT2D eigenvalue weighted by Crippen LogP contribution is -2.20. The van der Waals surface area contributed by atoms with Gasteiger partial charge in [-0.3, -0.25) is 9.59 Å². The molecule has 0 fully saturated rings. The van der Waals surface area contributed by atoms with Crippen molar-refractivity contribution in [3.63, 3.8) is 0 Å². The Morgan fingerprint density at radius 1 is 0.949 bits per heavy atom. The van der Waals surface area contributed by atoms with E-state index in [-0.39, 0.29) is 12.5 Å². The maximum absolute atomic E-state index is 12.8. The largest absolute Gasteiger partial charge is 0.493 e. The Labute approximate surface area is 232 Å². The fourth-order valence-corrected chi connectivity index (χ4v) is 4.26. The maximum atomic E-state index is 12.8. The Kier molecular flexibility index (Phi) is 8.68. The zero-order chi connectivity index (χ0) is 27.9. The number of nitrogens with zero attached hydrogens (tertiary/aromatic N) is 2. The van der Waals surface area contributed by atoms with Crippen molar-refractivity contribution in [1.29, 1.82) is 0 Å². The fourth-order valence-electron chi connectivity index (χ4n) is 4.05. The van der Waals surface area contributed by atoms with E-state index < -0.39 is 5.91 Å². The molecule has 3 aromatic carbocycles. The summed E-state index contributed by atoms with van der Waals surface area (Å²) in [5, 5.41) is 7.22. The predicted octanol–water partition coefficient (Wildman–Crippen LogP) is 5.85. The van der Waals surface area contributed by atoms with Gasteiger partial charge in [-0.25, -0.2) is 5.43 Å². The lowest BCUT2D eigenvalue weighted by Gasteiger charge is -2.12. The van der Waals surface area contributed by atoms with E-state index in [1.165, 1.54) is 13.3 Å². The molecule has 0 atom stereocenters. The second-order valence-corrected chi connectivity index (χ2v) is 9.28. The van der Waals surface area contributed by atoms with Crippen molar-refractivity contribution < 1.29 is 19.1 Å². The van der Waals surface area contributed by atoms with Crippen LogP contribution in [0.1, 0.15) is 32.9 Å². The molecule has 9 heteroatoms. The van der Waals surface area contributed by atoms with Crippen LogP contribution in [-0.2, 0) is 4.79 Å². The van der Waals surface area contributed by atoms with E-state index in [0.29, 0.717) is 27.6 Å². The van der Waals surface area contributed by atoms with E-state index in [2.05, 4.69) is 15.8 Å². The van der Waals surface area contributed by atoms with Gasteiger partial charge in [0.2, 0.25) is 0 Å². The standard InChI is InChI=1S/C30H29ClN4O4/c1-19-7-5-6-8-26(19)33-29(36)18-39-27-14-11-22(15-28(27)38-4)17-32-34-30(37)24-16-23(12-13-25(24)31)35-20(2)9-10-21(35)3/h5-17H,18H2,1-4H3,(H,33,36)(H,34,37). The Morgan fingerprint density at radius 3 is 2.41 bits per heavy atom. The van der Waals surface area contributed by atoms with Crippen molar-refractivity contribution in [2.75, 3.05) is 19.0 Å². The zero-order valence-electron chi connectivity index (χ0n) is 22.1. The van der Waals surface area contributed by atoms with Crippen molar-refractivity contribution in [2.24, 2.45) is 5.10 Å². The van der Waals surface area contributed by atoms with Gasteiger partial charge in [-0.1, -0.05) is 29.8 Å². The van der Waals surface area contributed by atoms with Crippen molar-refractivity contribution in [3.8, 4) is 17.2 Å². The average Bonchev–Trinajstić information content (AvgIpc) is 3.26. The lowest BCUT2D eigenvalue weighted by molar-refractivity contribution is -0.118. The third-order valence-corrected chi connectivity index (χ3v) is 6.40. The molecule has 4 aromatic rings. The molecule has 1 heterocycles. The minimum Gasteiger partial charge on any atom is -0.493 e. The number of hydrogen-bond acceptors (Lipinski definition) is 5. The smallest absolute Gasteiger partial charge is 0.272 e. The molecule has 2 amide bonds. The number of rotatable bonds is 9. The number of halogens is 1. The molecule has 0 aliphatic carbocycles. The summed E-state index contributed by atoms with van der Waals surface area (Å²) in [4.78, 5) is 25.1. The van der Waals surface area contributed by atoms with Gasteiger partial charge in [0.15, 0.2) is 18.1 Å². The number of para-hydroxylation sites is 1. The number of hydrazone groups is 1. The molecule has 1 aromatic heterocycles. The Bertz CT molecular complexity index is 1520. The van der Waals surface area contributed by atoms with Crippen LogP contribution in [0.15, 0.2) is 77.9 Å². The summed E-state index contributed by atoms with van der Waals surface area (Å²) < 4.78 is 13.1. The van der Waals surface area contributed by atoms with Gasteiger partial charge in [-0.15, -0.1) is 0 Å². The van der Waals surface area contributed by atoms with Gasteiger partial charge < -0.3 is 19.4 Å². The van der Waals surface area contributed by atoms with Crippen LogP contribution in [0.25, 0.3) is 5.69 Å². The summed E-state index contributed by atoms with van der Waals surface area (Å²) in [6.07, 6.45) is 1.48. The SMILES string of the molecule is COc1cc(C=NNC(=O)c2cc(-n3c(C)ccc3C)ccc2Cl)ccc1OCC(=O)Nc1ccccc1C. The van der Waals surface area contributed by atoms with Crippen LogP contribution >= 0.6 is 11.6 Å². The molecule has 4 rings (SSSR count). The van der Waals surface area contributed by atoms with Crippen LogP contribution in [0.2, 0.25) is 5.02 Å². The molecular weight excluding hydrogens is 516 g/mol. The van der Waals surface area contributed by atoms with Crippen molar-refractivity contribution >= 4 is 35.3 Å². The topological polar surface area (TPSA) is 93.9 Å². The molecule has 0 bridgehead atoms. The number of nitrogens with one attached hydrogen (secondary N) is 2. The van der Waals surface area contributed by atoms with Crippen LogP contribution in [-0.4, -0.2) is 36.3 Å². The van der Waals surface area contributed by atoms with E-state index >= 15 is 0 Å². The van der Waals surface area contributed by atoms with Gasteiger partial charge in [0.25, 0.3) is 11.8 Å². The first kappa shape index (κ1) is 27.5. The number of ether oxygens (including phenoxy) is 2. The monoisotopic (exact) mass is 544 g/mol. The molecule has 2 N–H and O–H groups in total. The van der Waals surface area contributed by atoms with Gasteiger partial charge >= 0.3 is 0 Å². The van der Waals surface area contributed by atoms with E-state index in [1.807, 2.05) is 67.8 Å². The molecule has 0 saturated heterocycles. The molecule has 39 heavy (non-hydrogen) atoms. The molecule has 0 aliphatic rings. The summed E-state index contributed by atoms with van der Waals surface area (Å²) in [5.74, 6) is 0.0941. The summed E-state index contributed by atoms with van der Waals surface area (Å²) >= 11 is 6.31. The van der Waals surface area contributed by atoms with E-state index in [1.54, 1.807) is 30.3 Å². The summed E-state index contributed by atoms with van der Waals surface area (Å²) in [5.41, 5.74) is 8.11. The molecule has 200 valence electrons. The molecular formula is C30H29ClN4O4. The Hall–Kier alpha value is -4.56. The molecule has 8 nitrogen and oxygen atoms in total. The Balaban J connectivity index is 1.39. The number of aromatic nitrogens is 1. The maximum Gasteiger partial charge on any atom is 0.272 e. The lowest BCUT2D eigenvalue weighted by atomic mass is 10.2. The third-order valence-electron chi connectivity index (χ3n) is 6.07. The number of aryl methyl sites for hydroxylation is 3. The van der Waals surface area contributed by atoms with Crippen molar-refractivity contribution in [3.05, 3.63) is 106 Å². The number of benzene rings is 3. The normalized spacial score (nSPS) is 10.9. The first-order chi connectivity index (χ1) is 18.8. The zero-order valence-corrected chi connectivity index (χ0v) is 22.9. The summed E-state index contributed by atoms with van der Waals surface area (Å²) in [6, 6.07) is 21.9. The first-order valence-electron chi connectivity index (χ1n) is 12.2. The van der Waals surface area contributed by atoms with E-state index in [9.17, 15) is 9.59 Å². The minimum absolute atomic E-state index is 0.184. The van der Waals surface area contributed by atoms with Crippen molar-refractivity contribution in [1.82, 2.24) is 9.99 Å². The highest BCUT2D eigenvalue weighted by atomic mass is 35.5. The van der Waals surface area contributed by atoms with Crippen LogP contribution in [0.3, 0.4) is 0 Å². The molecule has 0 aliphatic heterocycles. The number of methoxy groups -OCH3 is 1. The summed E-state index contributed by atoms with van der Waals surface area (Å²) in [6.45, 7) is 5.72. The number of carbonyl (C=O) groups is 2. The average molecular weight is 545 g/mol. The highest BCUT2D eigenvalue weighted by molar-refractivity contribution is 6.33. The molecule has 0 saturated carbocycles. The Morgan fingerprint density at radius 2 is 1.69 bits per heavy atom. The van der Waals surface area contributed by atoms with Crippen LogP contribution in [0.4, 0.5) is 5.69 Å². The van der Waals surface area contributed by atoms with E-state index in [0.717, 1.165) is 28.3 Å². The molecule has 0 unspecified atom stereocenters. The van der Waals surface area contributed by atoms with Crippen molar-refractivity contribution in [2.45, 2.75) is 20.8 Å². The van der Waals surface area contributed by atoms with Gasteiger partial charge in [0, 0.05) is 22.8 Å². The van der Waals surface area contributed by atoms with Gasteiger partial charge in [0.05, 0.1) is 23.9 Å². The van der Waals surface area contributed by atoms with Crippen LogP contribution in [0, 0.1) is 20.8 Å². The third kappa shape index (κ3) is 6.66. The number of anilines is 1. The number of hydrogen-bond donors (Lipinski definition) is 2. The van der Waals surface area contributed by atoms with E-state index in [4.69, 9.17) is 21.1 Å². The number of amides is 2. The second-order valence-electron chi connectivity index (χ2n) is 8.88. The quantitative estimate of drug-likeness (QED) is 0.204. The summed E-state index contributed by atoms with van der Waals surface area (Å²) in [7, 11) is 1.50. The minimum atomic E-state index is -0.438. The fraction of sp³-hybridized carbons (Fsp3) is 0.167. The van der Waals surface area contributed by atoms with Crippen LogP contribution < -0.4 is 20.2 Å². The van der Waals surface area contributed by atoms with Gasteiger partial charge in [0.1, 0.15) is 0 Å². The second kappa shape index (κ2) is 12.3. The van der Waals surface area contributed by atoms with Gasteiger partial charge in [-0.05, 0) is 86.5 Å². The number of carbonyl (C=O) groups excluding carboxylic acids is 2. The highest BCUT2D eigenvalue weighted by Crippen LogP contribution is 2.28. The molecule has 0 spiro atoms. The predicted molar refractivity (Wildman–Crippen MR) is 154 cm³/mol. The highest BCUT2D eigenvalue weighted by Gasteiger charge is 2.14. The van der Waals surface area contributed by atoms with Gasteiger partial charge in [-0.2, -0.15) is 5.10 Å². The van der Waals surface area contributed by atoms with Crippen LogP contribution in [0.5, 0.6) is 11.5 Å².